The minimum atomic E-state index is -2.37. The van der Waals surface area contributed by atoms with Crippen molar-refractivity contribution in [3.8, 4) is 0 Å². The first-order chi connectivity index (χ1) is 15.1. The molecule has 0 aromatic carbocycles. The zero-order chi connectivity index (χ0) is 24.4. The van der Waals surface area contributed by atoms with E-state index < -0.39 is 11.1 Å². The van der Waals surface area contributed by atoms with Crippen molar-refractivity contribution in [1.29, 1.82) is 0 Å². The molecule has 0 atom stereocenters. The van der Waals surface area contributed by atoms with E-state index in [0.29, 0.717) is 0 Å². The fourth-order valence-electron chi connectivity index (χ4n) is 2.98. The molecule has 1 aliphatic rings. The van der Waals surface area contributed by atoms with Crippen LogP contribution < -0.4 is 18.7 Å². The Kier molecular flexibility index (Phi) is 14.5. The normalized spacial score (nSPS) is 22.2. The van der Waals surface area contributed by atoms with Gasteiger partial charge < -0.3 is 34.3 Å². The second-order valence-electron chi connectivity index (χ2n) is 6.81. The maximum absolute atomic E-state index is 5.57. The van der Waals surface area contributed by atoms with Crippen molar-refractivity contribution in [2.24, 2.45) is 0 Å². The average Bonchev–Trinajstić information content (AvgIpc) is 3.45. The fourth-order valence-corrected chi connectivity index (χ4v) is 24.0. The molecule has 2 N–H and O–H groups in total. The van der Waals surface area contributed by atoms with Crippen LogP contribution in [0.2, 0.25) is 0 Å². The highest BCUT2D eigenvalue weighted by molar-refractivity contribution is 8.73. The van der Waals surface area contributed by atoms with E-state index in [9.17, 15) is 0 Å². The van der Waals surface area contributed by atoms with E-state index in [1.54, 1.807) is 22.2 Å². The van der Waals surface area contributed by atoms with Gasteiger partial charge in [0.1, 0.15) is 0 Å². The fraction of sp³-hybridized carbons (Fsp3) is 0.667. The highest BCUT2D eigenvalue weighted by Gasteiger charge is 2.43. The van der Waals surface area contributed by atoms with Crippen LogP contribution in [0.3, 0.4) is 0 Å². The summed E-state index contributed by atoms with van der Waals surface area (Å²) >= 11 is 25.2. The lowest BCUT2D eigenvalue weighted by Crippen LogP contribution is -3.11. The summed E-state index contributed by atoms with van der Waals surface area (Å²) in [6.45, 7) is 21.0. The summed E-state index contributed by atoms with van der Waals surface area (Å²) in [6.07, 6.45) is 3.42. The summed E-state index contributed by atoms with van der Waals surface area (Å²) in [6, 6.07) is 0. The van der Waals surface area contributed by atoms with Gasteiger partial charge in [-0.05, 0) is 41.5 Å². The highest BCUT2D eigenvalue weighted by atomic mass is 32.9. The maximum Gasteiger partial charge on any atom is 0.192 e. The predicted octanol–water partition coefficient (Wildman–Crippen LogP) is 3.33. The standard InChI is InChI=1S/C6H6N4P2S6.2C6H15N/c13-11(14)9(5-7-1-3-17-5)12(15,16)10(11)6-8-2-4-18-6;2*1-4-7(5-2)6-3/h1-4H,(H,13,14)(H,15,16);2*4-6H2,1-3H3. The van der Waals surface area contributed by atoms with Crippen molar-refractivity contribution in [1.82, 2.24) is 9.97 Å². The molecule has 2 aromatic heterocycles. The number of thiazole rings is 2. The molecule has 0 aliphatic carbocycles. The van der Waals surface area contributed by atoms with E-state index in [4.69, 9.17) is 48.1 Å². The molecule has 0 spiro atoms. The number of hydrogen-bond acceptors (Lipinski definition) is 8. The van der Waals surface area contributed by atoms with Gasteiger partial charge in [0.05, 0.1) is 39.3 Å². The summed E-state index contributed by atoms with van der Waals surface area (Å²) in [5.74, 6) is 0. The van der Waals surface area contributed by atoms with Gasteiger partial charge in [-0.1, -0.05) is 23.6 Å². The molecule has 0 amide bonds. The Morgan fingerprint density at radius 1 is 0.719 bits per heavy atom. The van der Waals surface area contributed by atoms with Crippen molar-refractivity contribution in [2.75, 3.05) is 48.2 Å². The van der Waals surface area contributed by atoms with E-state index in [1.165, 1.54) is 61.9 Å². The van der Waals surface area contributed by atoms with Gasteiger partial charge >= 0.3 is 0 Å². The number of anilines is 2. The van der Waals surface area contributed by atoms with E-state index >= 15 is 0 Å². The number of aromatic nitrogens is 2. The molecule has 1 aliphatic heterocycles. The van der Waals surface area contributed by atoms with Crippen molar-refractivity contribution in [3.63, 3.8) is 0 Å². The van der Waals surface area contributed by atoms with Gasteiger partial charge in [0.2, 0.25) is 0 Å². The van der Waals surface area contributed by atoms with Crippen LogP contribution in [0.25, 0.3) is 0 Å². The highest BCUT2D eigenvalue weighted by Crippen LogP contribution is 2.86. The Balaban J connectivity index is 0.000000305. The number of nitrogens with one attached hydrogen (secondary N) is 2. The summed E-state index contributed by atoms with van der Waals surface area (Å²) in [4.78, 5) is 11.8. The van der Waals surface area contributed by atoms with Crippen molar-refractivity contribution in [2.45, 2.75) is 41.5 Å². The molecule has 6 nitrogen and oxygen atoms in total. The zero-order valence-corrected chi connectivity index (χ0v) is 26.4. The van der Waals surface area contributed by atoms with Crippen LogP contribution in [-0.2, 0) is 48.1 Å². The minimum Gasteiger partial charge on any atom is -0.704 e. The van der Waals surface area contributed by atoms with Crippen LogP contribution in [0.15, 0.2) is 23.2 Å². The quantitative estimate of drug-likeness (QED) is 0.359. The zero-order valence-electron chi connectivity index (χ0n) is 19.7. The summed E-state index contributed by atoms with van der Waals surface area (Å²) in [7, 11) is 0. The number of hydrogen-bond donors (Lipinski definition) is 2. The van der Waals surface area contributed by atoms with Gasteiger partial charge in [-0.3, -0.25) is 8.88 Å². The SMILES string of the molecule is CC[NH+](CC)CC.CC[NH+](CC)CC.S=P1([S-])N(c2nccs2)P(=S)([S-])N1c1nccs1. The third kappa shape index (κ3) is 7.90. The summed E-state index contributed by atoms with van der Waals surface area (Å²) in [5, 5.41) is 5.24. The molecule has 1 saturated heterocycles. The Hall–Kier alpha value is 0.780. The lowest BCUT2D eigenvalue weighted by molar-refractivity contribution is -0.894. The van der Waals surface area contributed by atoms with Gasteiger partial charge in [0.15, 0.2) is 10.3 Å². The van der Waals surface area contributed by atoms with E-state index in [1.807, 2.05) is 19.6 Å². The molecule has 2 aromatic rings. The molecule has 0 bridgehead atoms. The molecule has 0 radical (unpaired) electrons. The molecular formula is C18H36N6P2S6. The van der Waals surface area contributed by atoms with Crippen molar-refractivity contribution < 1.29 is 9.80 Å². The Bertz CT molecular complexity index is 745. The second kappa shape index (κ2) is 15.0. The van der Waals surface area contributed by atoms with Gasteiger partial charge in [-0.25, -0.2) is 9.97 Å². The summed E-state index contributed by atoms with van der Waals surface area (Å²) < 4.78 is 3.67. The number of quaternary nitrogens is 2. The average molecular weight is 591 g/mol. The third-order valence-electron chi connectivity index (χ3n) is 5.14. The lowest BCUT2D eigenvalue weighted by atomic mass is 10.5. The largest absolute Gasteiger partial charge is 0.704 e. The molecule has 14 heteroatoms. The van der Waals surface area contributed by atoms with E-state index in [2.05, 4.69) is 51.5 Å². The molecule has 32 heavy (non-hydrogen) atoms. The molecule has 0 unspecified atom stereocenters. The Morgan fingerprint density at radius 3 is 1.16 bits per heavy atom. The van der Waals surface area contributed by atoms with Crippen LogP contribution in [0.5, 0.6) is 0 Å². The third-order valence-corrected chi connectivity index (χ3v) is 19.8. The van der Waals surface area contributed by atoms with Gasteiger partial charge in [0, 0.05) is 34.2 Å². The summed E-state index contributed by atoms with van der Waals surface area (Å²) in [5.41, 5.74) is -4.73. The predicted molar refractivity (Wildman–Crippen MR) is 158 cm³/mol. The number of rotatable bonds is 8. The van der Waals surface area contributed by atoms with Gasteiger partial charge in [0.25, 0.3) is 0 Å². The molecule has 1 fully saturated rings. The van der Waals surface area contributed by atoms with Crippen LogP contribution in [0.4, 0.5) is 10.3 Å². The minimum absolute atomic E-state index is 0.750. The first-order valence-electron chi connectivity index (χ1n) is 10.9. The first kappa shape index (κ1) is 30.8. The van der Waals surface area contributed by atoms with Crippen molar-refractivity contribution >= 4 is 92.1 Å². The van der Waals surface area contributed by atoms with Gasteiger partial charge in [-0.15, -0.1) is 22.7 Å². The van der Waals surface area contributed by atoms with E-state index in [0.717, 1.165) is 10.3 Å². The van der Waals surface area contributed by atoms with Crippen LogP contribution in [0, 0.1) is 0 Å². The first-order valence-corrected chi connectivity index (χ1v) is 20.1. The molecule has 3 heterocycles. The Morgan fingerprint density at radius 2 is 1.00 bits per heavy atom. The second-order valence-corrected chi connectivity index (χ2v) is 20.2. The molecule has 184 valence electrons. The Labute approximate surface area is 223 Å². The van der Waals surface area contributed by atoms with Gasteiger partial charge in [-0.2, -0.15) is 0 Å². The number of nitrogens with zero attached hydrogens (tertiary/aromatic N) is 4. The van der Waals surface area contributed by atoms with Crippen LogP contribution in [-0.4, -0.2) is 49.2 Å². The topological polar surface area (TPSA) is 41.1 Å². The van der Waals surface area contributed by atoms with E-state index in [-0.39, 0.29) is 0 Å². The smallest absolute Gasteiger partial charge is 0.192 e. The molecule has 0 saturated carbocycles. The van der Waals surface area contributed by atoms with Crippen molar-refractivity contribution in [3.05, 3.63) is 23.2 Å². The molecule has 3 rings (SSSR count). The monoisotopic (exact) mass is 590 g/mol. The maximum atomic E-state index is 5.57. The lowest BCUT2D eigenvalue weighted by Gasteiger charge is -2.70. The molecular weight excluding hydrogens is 555 g/mol. The van der Waals surface area contributed by atoms with Crippen LogP contribution >= 0.6 is 33.8 Å². The van der Waals surface area contributed by atoms with Crippen LogP contribution in [0.1, 0.15) is 41.5 Å².